The Balaban J connectivity index is 1.75. The van der Waals surface area contributed by atoms with Crippen molar-refractivity contribution < 1.29 is 19.2 Å². The van der Waals surface area contributed by atoms with E-state index < -0.39 is 10.8 Å². The van der Waals surface area contributed by atoms with Gasteiger partial charge in [-0.1, -0.05) is 17.7 Å². The number of rotatable bonds is 5. The highest BCUT2D eigenvalue weighted by Crippen LogP contribution is 2.31. The second-order valence-electron chi connectivity index (χ2n) is 6.37. The molecule has 0 radical (unpaired) electrons. The van der Waals surface area contributed by atoms with Crippen molar-refractivity contribution in [3.63, 3.8) is 0 Å². The van der Waals surface area contributed by atoms with Gasteiger partial charge in [-0.25, -0.2) is 0 Å². The van der Waals surface area contributed by atoms with Crippen LogP contribution in [0.4, 0.5) is 17.1 Å². The van der Waals surface area contributed by atoms with Crippen LogP contribution >= 0.6 is 0 Å². The van der Waals surface area contributed by atoms with Crippen molar-refractivity contribution in [2.45, 2.75) is 13.3 Å². The van der Waals surface area contributed by atoms with E-state index in [1.54, 1.807) is 4.90 Å². The molecule has 0 saturated carbocycles. The normalized spacial score (nSPS) is 16.3. The van der Waals surface area contributed by atoms with Crippen LogP contribution in [-0.4, -0.2) is 30.4 Å². The summed E-state index contributed by atoms with van der Waals surface area (Å²) in [5.41, 5.74) is 1.87. The minimum atomic E-state index is -0.553. The lowest BCUT2D eigenvalue weighted by Crippen LogP contribution is -2.28. The summed E-state index contributed by atoms with van der Waals surface area (Å²) >= 11 is 0. The van der Waals surface area contributed by atoms with Crippen molar-refractivity contribution in [1.82, 2.24) is 0 Å². The van der Waals surface area contributed by atoms with Crippen LogP contribution in [0.2, 0.25) is 0 Å². The van der Waals surface area contributed by atoms with E-state index in [0.717, 1.165) is 11.3 Å². The van der Waals surface area contributed by atoms with Crippen LogP contribution in [0.5, 0.6) is 5.75 Å². The van der Waals surface area contributed by atoms with Gasteiger partial charge < -0.3 is 15.0 Å². The number of benzene rings is 2. The molecule has 1 heterocycles. The highest BCUT2D eigenvalue weighted by molar-refractivity contribution is 6.04. The van der Waals surface area contributed by atoms with Crippen LogP contribution in [0.25, 0.3) is 0 Å². The number of ether oxygens (including phenoxy) is 1. The Kier molecular flexibility index (Phi) is 5.07. The molecule has 8 heteroatoms. The standard InChI is InChI=1S/C19H19N3O5/c1-12-3-5-14(6-4-12)21-11-13(9-18(21)23)19(24)20-16-10-15(22(25)26)7-8-17(16)27-2/h3-8,10,13H,9,11H2,1-2H3,(H,20,24). The molecule has 1 fully saturated rings. The number of nitro benzene ring substituents is 1. The molecule has 1 aliphatic heterocycles. The fourth-order valence-corrected chi connectivity index (χ4v) is 3.00. The van der Waals surface area contributed by atoms with Crippen LogP contribution in [0.1, 0.15) is 12.0 Å². The number of carbonyl (C=O) groups excluding carboxylic acids is 2. The lowest BCUT2D eigenvalue weighted by atomic mass is 10.1. The lowest BCUT2D eigenvalue weighted by Gasteiger charge is -2.17. The number of aryl methyl sites for hydroxylation is 1. The molecule has 2 aromatic rings. The maximum atomic E-state index is 12.6. The molecule has 2 amide bonds. The summed E-state index contributed by atoms with van der Waals surface area (Å²) in [5.74, 6) is -0.752. The summed E-state index contributed by atoms with van der Waals surface area (Å²) in [6.07, 6.45) is 0.0803. The van der Waals surface area contributed by atoms with Crippen LogP contribution in [0, 0.1) is 23.0 Å². The molecule has 3 rings (SSSR count). The molecular weight excluding hydrogens is 350 g/mol. The fraction of sp³-hybridized carbons (Fsp3) is 0.263. The van der Waals surface area contributed by atoms with Crippen LogP contribution < -0.4 is 15.0 Å². The molecule has 140 valence electrons. The van der Waals surface area contributed by atoms with Gasteiger partial charge in [-0.2, -0.15) is 0 Å². The fourth-order valence-electron chi connectivity index (χ4n) is 3.00. The summed E-state index contributed by atoms with van der Waals surface area (Å²) in [4.78, 5) is 36.9. The highest BCUT2D eigenvalue weighted by atomic mass is 16.6. The van der Waals surface area contributed by atoms with Crippen LogP contribution in [0.3, 0.4) is 0 Å². The van der Waals surface area contributed by atoms with Gasteiger partial charge in [0.05, 0.1) is 23.6 Å². The zero-order valence-corrected chi connectivity index (χ0v) is 15.0. The molecule has 1 unspecified atom stereocenters. The Labute approximate surface area is 155 Å². The van der Waals surface area contributed by atoms with Crippen LogP contribution in [-0.2, 0) is 9.59 Å². The molecule has 27 heavy (non-hydrogen) atoms. The predicted molar refractivity (Wildman–Crippen MR) is 99.9 cm³/mol. The van der Waals surface area contributed by atoms with Gasteiger partial charge in [-0.3, -0.25) is 19.7 Å². The van der Waals surface area contributed by atoms with Gasteiger partial charge in [-0.05, 0) is 25.1 Å². The Morgan fingerprint density at radius 3 is 2.59 bits per heavy atom. The molecule has 2 aromatic carbocycles. The van der Waals surface area contributed by atoms with Gasteiger partial charge in [-0.15, -0.1) is 0 Å². The topological polar surface area (TPSA) is 102 Å². The number of amides is 2. The summed E-state index contributed by atoms with van der Waals surface area (Å²) in [6, 6.07) is 11.5. The number of nitro groups is 1. The number of methoxy groups -OCH3 is 1. The van der Waals surface area contributed by atoms with Crippen molar-refractivity contribution in [3.8, 4) is 5.75 Å². The summed E-state index contributed by atoms with van der Waals surface area (Å²) in [7, 11) is 1.41. The van der Waals surface area contributed by atoms with E-state index in [-0.39, 0.29) is 36.2 Å². The predicted octanol–water partition coefficient (Wildman–Crippen LogP) is 2.90. The van der Waals surface area contributed by atoms with Crippen molar-refractivity contribution in [1.29, 1.82) is 0 Å². The maximum Gasteiger partial charge on any atom is 0.271 e. The molecule has 0 aromatic heterocycles. The molecule has 1 saturated heterocycles. The number of nitrogens with one attached hydrogen (secondary N) is 1. The number of non-ortho nitro benzene ring substituents is 1. The van der Waals surface area contributed by atoms with Gasteiger partial charge in [0.25, 0.3) is 5.69 Å². The average Bonchev–Trinajstić information content (AvgIpc) is 3.04. The minimum Gasteiger partial charge on any atom is -0.495 e. The van der Waals surface area contributed by atoms with E-state index in [4.69, 9.17) is 4.74 Å². The van der Waals surface area contributed by atoms with Gasteiger partial charge in [0.15, 0.2) is 0 Å². The Hall–Kier alpha value is -3.42. The van der Waals surface area contributed by atoms with E-state index in [0.29, 0.717) is 5.75 Å². The van der Waals surface area contributed by atoms with Crippen LogP contribution in [0.15, 0.2) is 42.5 Å². The Morgan fingerprint density at radius 1 is 1.26 bits per heavy atom. The number of nitrogens with zero attached hydrogens (tertiary/aromatic N) is 2. The van der Waals surface area contributed by atoms with Crippen molar-refractivity contribution in [2.24, 2.45) is 5.92 Å². The molecule has 1 aliphatic rings. The summed E-state index contributed by atoms with van der Waals surface area (Å²) < 4.78 is 5.15. The third kappa shape index (κ3) is 3.89. The number of hydrogen-bond acceptors (Lipinski definition) is 5. The van der Waals surface area contributed by atoms with Gasteiger partial charge in [0, 0.05) is 30.8 Å². The zero-order valence-electron chi connectivity index (χ0n) is 15.0. The first kappa shape index (κ1) is 18.4. The number of anilines is 2. The van der Waals surface area contributed by atoms with E-state index in [2.05, 4.69) is 5.32 Å². The number of carbonyl (C=O) groups is 2. The Bertz CT molecular complexity index is 895. The largest absolute Gasteiger partial charge is 0.495 e. The average molecular weight is 369 g/mol. The zero-order chi connectivity index (χ0) is 19.6. The molecule has 0 aliphatic carbocycles. The number of hydrogen-bond donors (Lipinski definition) is 1. The first-order chi connectivity index (χ1) is 12.9. The second-order valence-corrected chi connectivity index (χ2v) is 6.37. The maximum absolute atomic E-state index is 12.6. The molecule has 0 spiro atoms. The van der Waals surface area contributed by atoms with E-state index in [9.17, 15) is 19.7 Å². The van der Waals surface area contributed by atoms with E-state index in [1.165, 1.54) is 25.3 Å². The van der Waals surface area contributed by atoms with E-state index >= 15 is 0 Å². The van der Waals surface area contributed by atoms with Gasteiger partial charge in [0.2, 0.25) is 11.8 Å². The third-order valence-electron chi connectivity index (χ3n) is 4.49. The first-order valence-electron chi connectivity index (χ1n) is 8.39. The lowest BCUT2D eigenvalue weighted by molar-refractivity contribution is -0.384. The monoisotopic (exact) mass is 369 g/mol. The van der Waals surface area contributed by atoms with Crippen molar-refractivity contribution in [2.75, 3.05) is 23.9 Å². The van der Waals surface area contributed by atoms with Gasteiger partial charge >= 0.3 is 0 Å². The second kappa shape index (κ2) is 7.45. The van der Waals surface area contributed by atoms with Gasteiger partial charge in [0.1, 0.15) is 5.75 Å². The van der Waals surface area contributed by atoms with E-state index in [1.807, 2.05) is 31.2 Å². The molecule has 8 nitrogen and oxygen atoms in total. The smallest absolute Gasteiger partial charge is 0.271 e. The first-order valence-corrected chi connectivity index (χ1v) is 8.39. The third-order valence-corrected chi connectivity index (χ3v) is 4.49. The molecule has 0 bridgehead atoms. The Morgan fingerprint density at radius 2 is 1.96 bits per heavy atom. The van der Waals surface area contributed by atoms with Crippen molar-refractivity contribution in [3.05, 3.63) is 58.1 Å². The molecular formula is C19H19N3O5. The summed E-state index contributed by atoms with van der Waals surface area (Å²) in [6.45, 7) is 2.21. The minimum absolute atomic E-state index is 0.0803. The summed E-state index contributed by atoms with van der Waals surface area (Å²) in [5, 5.41) is 13.6. The highest BCUT2D eigenvalue weighted by Gasteiger charge is 2.35. The SMILES string of the molecule is COc1ccc([N+](=O)[O-])cc1NC(=O)C1CC(=O)N(c2ccc(C)cc2)C1. The van der Waals surface area contributed by atoms with Crippen molar-refractivity contribution >= 4 is 28.9 Å². The quantitative estimate of drug-likeness (QED) is 0.645. The molecule has 1 atom stereocenters. The molecule has 1 N–H and O–H groups in total.